The summed E-state index contributed by atoms with van der Waals surface area (Å²) in [7, 11) is 1.72. The van der Waals surface area contributed by atoms with E-state index in [1.165, 1.54) is 0 Å². The molecule has 0 fully saturated rings. The van der Waals surface area contributed by atoms with Crippen molar-refractivity contribution in [2.24, 2.45) is 11.8 Å². The van der Waals surface area contributed by atoms with Crippen molar-refractivity contribution in [3.8, 4) is 0 Å². The Bertz CT molecular complexity index is 721. The summed E-state index contributed by atoms with van der Waals surface area (Å²) in [6.45, 7) is 5.73. The van der Waals surface area contributed by atoms with E-state index in [2.05, 4.69) is 0 Å². The molecule has 4 nitrogen and oxygen atoms in total. The molecule has 0 spiro atoms. The van der Waals surface area contributed by atoms with E-state index in [-0.39, 0.29) is 35.7 Å². The molecule has 1 aliphatic carbocycles. The molecule has 5 heteroatoms. The quantitative estimate of drug-likeness (QED) is 0.806. The Morgan fingerprint density at radius 2 is 1.64 bits per heavy atom. The fourth-order valence-electron chi connectivity index (χ4n) is 3.03. The average molecular weight is 362 g/mol. The summed E-state index contributed by atoms with van der Waals surface area (Å²) in [4.78, 5) is 38.7. The van der Waals surface area contributed by atoms with Crippen molar-refractivity contribution in [1.82, 2.24) is 4.90 Å². The van der Waals surface area contributed by atoms with Crippen LogP contribution >= 0.6 is 11.6 Å². The van der Waals surface area contributed by atoms with Crippen LogP contribution in [0.3, 0.4) is 0 Å². The third-order valence-electron chi connectivity index (χ3n) is 5.09. The molecule has 0 heterocycles. The number of allylic oxidation sites excluding steroid dienone is 1. The second kappa shape index (κ2) is 7.96. The Morgan fingerprint density at radius 3 is 2.24 bits per heavy atom. The maximum atomic E-state index is 12.5. The van der Waals surface area contributed by atoms with Gasteiger partial charge in [0.1, 0.15) is 0 Å². The molecule has 1 aromatic rings. The summed E-state index contributed by atoms with van der Waals surface area (Å²) in [6.07, 6.45) is 0.697. The number of ketones is 2. The van der Waals surface area contributed by atoms with Gasteiger partial charge in [-0.1, -0.05) is 37.6 Å². The summed E-state index contributed by atoms with van der Waals surface area (Å²) in [5.74, 6) is -0.515. The SMILES string of the molecule is CC1=C(CCN(C)C(=O)Cc2ccc(Cl)cc2)C(=O)C(C)C(C)C1=O. The van der Waals surface area contributed by atoms with E-state index in [1.807, 2.05) is 12.1 Å². The summed E-state index contributed by atoms with van der Waals surface area (Å²) >= 11 is 5.85. The van der Waals surface area contributed by atoms with Crippen LogP contribution in [0, 0.1) is 11.8 Å². The molecule has 2 atom stereocenters. The fraction of sp³-hybridized carbons (Fsp3) is 0.450. The van der Waals surface area contributed by atoms with Crippen LogP contribution in [0.15, 0.2) is 35.4 Å². The Hall–Kier alpha value is -1.94. The van der Waals surface area contributed by atoms with Gasteiger partial charge in [0.25, 0.3) is 0 Å². The van der Waals surface area contributed by atoms with E-state index in [1.54, 1.807) is 44.9 Å². The van der Waals surface area contributed by atoms with Crippen LogP contribution in [-0.4, -0.2) is 36.0 Å². The molecular weight excluding hydrogens is 338 g/mol. The molecule has 2 unspecified atom stereocenters. The monoisotopic (exact) mass is 361 g/mol. The van der Waals surface area contributed by atoms with Crippen LogP contribution in [0.25, 0.3) is 0 Å². The van der Waals surface area contributed by atoms with E-state index < -0.39 is 0 Å². The molecule has 1 aliphatic rings. The van der Waals surface area contributed by atoms with Crippen molar-refractivity contribution < 1.29 is 14.4 Å². The third kappa shape index (κ3) is 4.37. The number of carbonyl (C=O) groups is 3. The summed E-state index contributed by atoms with van der Waals surface area (Å²) in [6, 6.07) is 7.17. The second-order valence-electron chi connectivity index (χ2n) is 6.78. The predicted molar refractivity (Wildman–Crippen MR) is 98.5 cm³/mol. The van der Waals surface area contributed by atoms with Crippen LogP contribution in [0.1, 0.15) is 32.8 Å². The normalized spacial score (nSPS) is 20.8. The molecular formula is C20H24ClNO3. The van der Waals surface area contributed by atoms with Gasteiger partial charge in [-0.3, -0.25) is 14.4 Å². The first-order valence-corrected chi connectivity index (χ1v) is 8.86. The Balaban J connectivity index is 1.99. The summed E-state index contributed by atoms with van der Waals surface area (Å²) in [5, 5.41) is 0.635. The van der Waals surface area contributed by atoms with Gasteiger partial charge in [-0.05, 0) is 36.6 Å². The highest BCUT2D eigenvalue weighted by atomic mass is 35.5. The predicted octanol–water partition coefficient (Wildman–Crippen LogP) is 3.47. The second-order valence-corrected chi connectivity index (χ2v) is 7.21. The lowest BCUT2D eigenvalue weighted by Gasteiger charge is -2.27. The van der Waals surface area contributed by atoms with E-state index in [0.29, 0.717) is 29.1 Å². The first-order valence-electron chi connectivity index (χ1n) is 8.49. The number of hydrogen-bond acceptors (Lipinski definition) is 3. The zero-order valence-corrected chi connectivity index (χ0v) is 15.9. The van der Waals surface area contributed by atoms with Gasteiger partial charge >= 0.3 is 0 Å². The topological polar surface area (TPSA) is 54.5 Å². The standard InChI is InChI=1S/C20H24ClNO3/c1-12-13(2)20(25)17(14(3)19(12)24)9-10-22(4)18(23)11-15-5-7-16(21)8-6-15/h5-8,12-13H,9-11H2,1-4H3. The van der Waals surface area contributed by atoms with Crippen LogP contribution in [0.4, 0.5) is 0 Å². The maximum Gasteiger partial charge on any atom is 0.226 e. The highest BCUT2D eigenvalue weighted by Crippen LogP contribution is 2.30. The van der Waals surface area contributed by atoms with Crippen molar-refractivity contribution in [1.29, 1.82) is 0 Å². The van der Waals surface area contributed by atoms with Crippen molar-refractivity contribution in [2.45, 2.75) is 33.6 Å². The van der Waals surface area contributed by atoms with Gasteiger partial charge in [0, 0.05) is 36.0 Å². The number of halogens is 1. The Labute approximate surface area is 153 Å². The minimum absolute atomic E-state index is 0.0307. The van der Waals surface area contributed by atoms with Crippen molar-refractivity contribution >= 4 is 29.1 Å². The molecule has 0 saturated heterocycles. The first kappa shape index (κ1) is 19.4. The number of amides is 1. The number of likely N-dealkylation sites (N-methyl/N-ethyl adjacent to an activating group) is 1. The molecule has 1 aromatic carbocycles. The van der Waals surface area contributed by atoms with Crippen LogP contribution < -0.4 is 0 Å². The first-order chi connectivity index (χ1) is 11.7. The third-order valence-corrected chi connectivity index (χ3v) is 5.34. The summed E-state index contributed by atoms with van der Waals surface area (Å²) < 4.78 is 0. The van der Waals surface area contributed by atoms with E-state index in [4.69, 9.17) is 11.6 Å². The smallest absolute Gasteiger partial charge is 0.226 e. The van der Waals surface area contributed by atoms with Gasteiger partial charge in [-0.25, -0.2) is 0 Å². The van der Waals surface area contributed by atoms with Crippen LogP contribution in [0.2, 0.25) is 5.02 Å². The number of nitrogens with zero attached hydrogens (tertiary/aromatic N) is 1. The lowest BCUT2D eigenvalue weighted by Crippen LogP contribution is -2.36. The zero-order valence-electron chi connectivity index (χ0n) is 15.1. The molecule has 0 bridgehead atoms. The lowest BCUT2D eigenvalue weighted by atomic mass is 9.75. The minimum atomic E-state index is -0.290. The van der Waals surface area contributed by atoms with Crippen LogP contribution in [-0.2, 0) is 20.8 Å². The highest BCUT2D eigenvalue weighted by molar-refractivity contribution is 6.30. The zero-order chi connectivity index (χ0) is 18.7. The maximum absolute atomic E-state index is 12.5. The number of hydrogen-bond donors (Lipinski definition) is 0. The minimum Gasteiger partial charge on any atom is -0.345 e. The molecule has 2 rings (SSSR count). The van der Waals surface area contributed by atoms with Gasteiger partial charge in [0.05, 0.1) is 6.42 Å². The molecule has 0 saturated carbocycles. The number of benzene rings is 1. The van der Waals surface area contributed by atoms with Crippen molar-refractivity contribution in [3.05, 3.63) is 46.0 Å². The summed E-state index contributed by atoms with van der Waals surface area (Å²) in [5.41, 5.74) is 2.01. The number of Topliss-reactive ketones (excluding diaryl/α,β-unsaturated/α-hetero) is 2. The molecule has 0 aromatic heterocycles. The largest absolute Gasteiger partial charge is 0.345 e. The Kier molecular flexibility index (Phi) is 6.17. The van der Waals surface area contributed by atoms with Gasteiger partial charge in [-0.15, -0.1) is 0 Å². The average Bonchev–Trinajstić information content (AvgIpc) is 2.60. The molecule has 0 aliphatic heterocycles. The number of rotatable bonds is 5. The lowest BCUT2D eigenvalue weighted by molar-refractivity contribution is -0.130. The van der Waals surface area contributed by atoms with E-state index in [9.17, 15) is 14.4 Å². The van der Waals surface area contributed by atoms with Gasteiger partial charge in [0.15, 0.2) is 11.6 Å². The molecule has 1 amide bonds. The van der Waals surface area contributed by atoms with Gasteiger partial charge < -0.3 is 4.90 Å². The van der Waals surface area contributed by atoms with E-state index in [0.717, 1.165) is 5.56 Å². The molecule has 134 valence electrons. The number of carbonyl (C=O) groups excluding carboxylic acids is 3. The van der Waals surface area contributed by atoms with Crippen LogP contribution in [0.5, 0.6) is 0 Å². The van der Waals surface area contributed by atoms with Crippen molar-refractivity contribution in [2.75, 3.05) is 13.6 Å². The molecule has 25 heavy (non-hydrogen) atoms. The molecule has 0 N–H and O–H groups in total. The fourth-order valence-corrected chi connectivity index (χ4v) is 3.16. The highest BCUT2D eigenvalue weighted by Gasteiger charge is 2.35. The van der Waals surface area contributed by atoms with Gasteiger partial charge in [0.2, 0.25) is 5.91 Å². The van der Waals surface area contributed by atoms with Crippen molar-refractivity contribution in [3.63, 3.8) is 0 Å². The van der Waals surface area contributed by atoms with E-state index >= 15 is 0 Å². The molecule has 0 radical (unpaired) electrons. The van der Waals surface area contributed by atoms with Gasteiger partial charge in [-0.2, -0.15) is 0 Å². The Morgan fingerprint density at radius 1 is 1.08 bits per heavy atom.